The van der Waals surface area contributed by atoms with E-state index in [1.807, 2.05) is 27.7 Å². The van der Waals surface area contributed by atoms with Gasteiger partial charge in [-0.3, -0.25) is 9.59 Å². The molecule has 0 aliphatic rings. The number of nitrogens with one attached hydrogen (secondary N) is 1. The van der Waals surface area contributed by atoms with Gasteiger partial charge in [0.05, 0.1) is 5.41 Å². The molecule has 26 heavy (non-hydrogen) atoms. The Hall–Kier alpha value is -1.79. The summed E-state index contributed by atoms with van der Waals surface area (Å²) in [5.74, 6) is 0.402. The van der Waals surface area contributed by atoms with Crippen molar-refractivity contribution in [2.75, 3.05) is 31.6 Å². The molecule has 0 aliphatic heterocycles. The summed E-state index contributed by atoms with van der Waals surface area (Å²) in [6.07, 6.45) is 1.36. The third-order valence-corrected chi connectivity index (χ3v) is 4.80. The quantitative estimate of drug-likeness (QED) is 0.648. The van der Waals surface area contributed by atoms with Crippen molar-refractivity contribution in [1.29, 1.82) is 0 Å². The molecule has 0 bridgehead atoms. The van der Waals surface area contributed by atoms with Gasteiger partial charge < -0.3 is 20.7 Å². The summed E-state index contributed by atoms with van der Waals surface area (Å²) in [6, 6.07) is 7.07. The van der Waals surface area contributed by atoms with Crippen molar-refractivity contribution in [3.8, 4) is 5.75 Å². The molecule has 148 valence electrons. The largest absolute Gasteiger partial charge is 0.484 e. The number of benzene rings is 1. The fraction of sp³-hybridized carbons (Fsp3) is 0.579. The fourth-order valence-corrected chi connectivity index (χ4v) is 2.69. The zero-order valence-corrected chi connectivity index (χ0v) is 17.0. The van der Waals surface area contributed by atoms with Gasteiger partial charge >= 0.3 is 0 Å². The zero-order chi connectivity index (χ0) is 18.9. The first-order chi connectivity index (χ1) is 12.0. The highest BCUT2D eigenvalue weighted by Crippen LogP contribution is 2.27. The van der Waals surface area contributed by atoms with Crippen molar-refractivity contribution >= 4 is 29.9 Å². The van der Waals surface area contributed by atoms with Gasteiger partial charge in [-0.1, -0.05) is 19.9 Å². The number of nitrogens with zero attached hydrogens (tertiary/aromatic N) is 1. The second kappa shape index (κ2) is 11.8. The van der Waals surface area contributed by atoms with Gasteiger partial charge in [-0.25, -0.2) is 0 Å². The lowest BCUT2D eigenvalue weighted by Gasteiger charge is -2.28. The van der Waals surface area contributed by atoms with Crippen LogP contribution < -0.4 is 15.8 Å². The summed E-state index contributed by atoms with van der Waals surface area (Å²) in [5.41, 5.74) is 5.90. The third kappa shape index (κ3) is 6.18. The van der Waals surface area contributed by atoms with Crippen LogP contribution in [-0.2, 0) is 9.59 Å². The van der Waals surface area contributed by atoms with Crippen LogP contribution in [0.5, 0.6) is 5.75 Å². The molecule has 0 atom stereocenters. The van der Waals surface area contributed by atoms with Crippen LogP contribution in [-0.4, -0.2) is 43.0 Å². The minimum absolute atomic E-state index is 0. The van der Waals surface area contributed by atoms with E-state index in [1.165, 1.54) is 0 Å². The fourth-order valence-electron chi connectivity index (χ4n) is 2.69. The molecule has 1 rings (SSSR count). The Morgan fingerprint density at radius 1 is 1.15 bits per heavy atom. The van der Waals surface area contributed by atoms with Gasteiger partial charge in [0.1, 0.15) is 5.75 Å². The van der Waals surface area contributed by atoms with E-state index in [-0.39, 0.29) is 30.8 Å². The van der Waals surface area contributed by atoms with Crippen LogP contribution in [0.3, 0.4) is 0 Å². The maximum atomic E-state index is 12.6. The first-order valence-electron chi connectivity index (χ1n) is 8.98. The third-order valence-electron chi connectivity index (χ3n) is 4.80. The summed E-state index contributed by atoms with van der Waals surface area (Å²) in [7, 11) is 0. The van der Waals surface area contributed by atoms with Gasteiger partial charge in [0, 0.05) is 31.4 Å². The van der Waals surface area contributed by atoms with E-state index in [1.54, 1.807) is 29.2 Å². The van der Waals surface area contributed by atoms with Crippen LogP contribution in [0.4, 0.5) is 5.69 Å². The number of anilines is 1. The van der Waals surface area contributed by atoms with Crippen LogP contribution in [0.25, 0.3) is 0 Å². The number of carbonyl (C=O) groups is 2. The minimum atomic E-state index is -0.560. The topological polar surface area (TPSA) is 84.7 Å². The molecule has 0 aromatic heterocycles. The predicted molar refractivity (Wildman–Crippen MR) is 108 cm³/mol. The number of rotatable bonds is 10. The lowest BCUT2D eigenvalue weighted by molar-refractivity contribution is -0.133. The lowest BCUT2D eigenvalue weighted by atomic mass is 9.81. The van der Waals surface area contributed by atoms with Crippen molar-refractivity contribution in [3.63, 3.8) is 0 Å². The zero-order valence-electron chi connectivity index (χ0n) is 16.2. The second-order valence-electron chi connectivity index (χ2n) is 6.03. The number of carbonyl (C=O) groups excluding carboxylic acids is 2. The van der Waals surface area contributed by atoms with E-state index >= 15 is 0 Å². The van der Waals surface area contributed by atoms with Crippen LogP contribution >= 0.6 is 12.4 Å². The highest BCUT2D eigenvalue weighted by molar-refractivity contribution is 5.95. The van der Waals surface area contributed by atoms with Crippen LogP contribution in [0.15, 0.2) is 24.3 Å². The Kier molecular flexibility index (Phi) is 10.9. The number of nitrogens with two attached hydrogens (primary N) is 1. The molecule has 0 saturated carbocycles. The maximum Gasteiger partial charge on any atom is 0.260 e. The first kappa shape index (κ1) is 24.2. The molecular weight excluding hydrogens is 354 g/mol. The molecule has 0 spiro atoms. The summed E-state index contributed by atoms with van der Waals surface area (Å²) in [5, 5.41) is 2.91. The van der Waals surface area contributed by atoms with Crippen LogP contribution in [0.1, 0.15) is 40.5 Å². The molecule has 0 unspecified atom stereocenters. The number of ether oxygens (including phenoxy) is 1. The molecule has 0 saturated heterocycles. The Labute approximate surface area is 162 Å². The number of amides is 2. The Morgan fingerprint density at radius 3 is 2.27 bits per heavy atom. The molecule has 0 heterocycles. The summed E-state index contributed by atoms with van der Waals surface area (Å²) in [4.78, 5) is 26.3. The molecule has 2 amide bonds. The molecule has 0 radical (unpaired) electrons. The smallest absolute Gasteiger partial charge is 0.260 e. The van der Waals surface area contributed by atoms with Crippen molar-refractivity contribution < 1.29 is 14.3 Å². The van der Waals surface area contributed by atoms with E-state index in [9.17, 15) is 9.59 Å². The highest BCUT2D eigenvalue weighted by Gasteiger charge is 2.33. The number of halogens is 1. The molecule has 1 aromatic carbocycles. The molecule has 6 nitrogen and oxygen atoms in total. The summed E-state index contributed by atoms with van der Waals surface area (Å²) >= 11 is 0. The van der Waals surface area contributed by atoms with E-state index < -0.39 is 5.41 Å². The van der Waals surface area contributed by atoms with Crippen molar-refractivity contribution in [2.24, 2.45) is 11.1 Å². The van der Waals surface area contributed by atoms with Crippen LogP contribution in [0.2, 0.25) is 0 Å². The monoisotopic (exact) mass is 385 g/mol. The van der Waals surface area contributed by atoms with Gasteiger partial charge in [0.15, 0.2) is 6.61 Å². The predicted octanol–water partition coefficient (Wildman–Crippen LogP) is 3.06. The van der Waals surface area contributed by atoms with Crippen molar-refractivity contribution in [3.05, 3.63) is 24.3 Å². The lowest BCUT2D eigenvalue weighted by Crippen LogP contribution is -2.41. The maximum absolute atomic E-state index is 12.6. The average molecular weight is 386 g/mol. The molecule has 3 N–H and O–H groups in total. The standard InChI is InChI=1S/C19H31N3O3.ClH/c1-5-19(6-2,14-20)18(24)21-15-10-9-11-16(12-15)25-13-17(23)22(7-3)8-4;/h9-12H,5-8,13-14,20H2,1-4H3,(H,21,24);1H. The highest BCUT2D eigenvalue weighted by atomic mass is 35.5. The molecule has 7 heteroatoms. The Balaban J connectivity index is 0.00000625. The van der Waals surface area contributed by atoms with E-state index in [2.05, 4.69) is 5.32 Å². The Morgan fingerprint density at radius 2 is 1.77 bits per heavy atom. The first-order valence-corrected chi connectivity index (χ1v) is 8.98. The summed E-state index contributed by atoms with van der Waals surface area (Å²) < 4.78 is 5.57. The van der Waals surface area contributed by atoms with Gasteiger partial charge in [-0.05, 0) is 38.8 Å². The van der Waals surface area contributed by atoms with Crippen LogP contribution in [0, 0.1) is 5.41 Å². The van der Waals surface area contributed by atoms with Gasteiger partial charge in [0.2, 0.25) is 5.91 Å². The van der Waals surface area contributed by atoms with Gasteiger partial charge in [-0.2, -0.15) is 0 Å². The van der Waals surface area contributed by atoms with E-state index in [4.69, 9.17) is 10.5 Å². The van der Waals surface area contributed by atoms with Gasteiger partial charge in [0.25, 0.3) is 5.91 Å². The Bertz CT molecular complexity index is 565. The number of hydrogen-bond acceptors (Lipinski definition) is 4. The molecular formula is C19H32ClN3O3. The molecule has 0 fully saturated rings. The summed E-state index contributed by atoms with van der Waals surface area (Å²) in [6.45, 7) is 9.40. The number of hydrogen-bond donors (Lipinski definition) is 2. The van der Waals surface area contributed by atoms with E-state index in [0.717, 1.165) is 0 Å². The van der Waals surface area contributed by atoms with Crippen molar-refractivity contribution in [2.45, 2.75) is 40.5 Å². The average Bonchev–Trinajstić information content (AvgIpc) is 2.63. The van der Waals surface area contributed by atoms with E-state index in [0.29, 0.717) is 43.9 Å². The SMILES string of the molecule is CCN(CC)C(=O)COc1cccc(NC(=O)C(CC)(CC)CN)c1.Cl. The van der Waals surface area contributed by atoms with Gasteiger partial charge in [-0.15, -0.1) is 12.4 Å². The van der Waals surface area contributed by atoms with Crippen molar-refractivity contribution in [1.82, 2.24) is 4.90 Å². The normalized spacial score (nSPS) is 10.7. The molecule has 1 aromatic rings. The minimum Gasteiger partial charge on any atom is -0.484 e. The second-order valence-corrected chi connectivity index (χ2v) is 6.03. The number of likely N-dealkylation sites (N-methyl/N-ethyl adjacent to an activating group) is 1. The molecule has 0 aliphatic carbocycles.